The summed E-state index contributed by atoms with van der Waals surface area (Å²) in [7, 11) is 1.66. The SMILES string of the molecule is CCN(CC)CCC(=O)c1ccc(OC)c(-c2ccccc2)c1. The molecule has 0 aliphatic rings. The van der Waals surface area contributed by atoms with Gasteiger partial charge in [0.25, 0.3) is 0 Å². The first kappa shape index (κ1) is 17.2. The zero-order valence-corrected chi connectivity index (χ0v) is 14.2. The Balaban J connectivity index is 2.22. The number of ether oxygens (including phenoxy) is 1. The number of carbonyl (C=O) groups excluding carboxylic acids is 1. The summed E-state index contributed by atoms with van der Waals surface area (Å²) in [5.41, 5.74) is 2.77. The number of benzene rings is 2. The Kier molecular flexibility index (Phi) is 6.36. The van der Waals surface area contributed by atoms with Crippen molar-refractivity contribution >= 4 is 5.78 Å². The Morgan fingerprint density at radius 3 is 2.35 bits per heavy atom. The summed E-state index contributed by atoms with van der Waals surface area (Å²) in [5, 5.41) is 0. The van der Waals surface area contributed by atoms with Gasteiger partial charge in [0, 0.05) is 24.1 Å². The summed E-state index contributed by atoms with van der Waals surface area (Å²) in [4.78, 5) is 14.8. The van der Waals surface area contributed by atoms with Crippen LogP contribution in [-0.4, -0.2) is 37.4 Å². The van der Waals surface area contributed by atoms with E-state index in [4.69, 9.17) is 4.74 Å². The van der Waals surface area contributed by atoms with E-state index in [2.05, 4.69) is 18.7 Å². The second-order valence-corrected chi connectivity index (χ2v) is 5.48. The Morgan fingerprint density at radius 2 is 1.74 bits per heavy atom. The average molecular weight is 311 g/mol. The molecule has 2 aromatic rings. The molecule has 0 unspecified atom stereocenters. The molecular formula is C20H25NO2. The number of hydrogen-bond acceptors (Lipinski definition) is 3. The molecule has 3 heteroatoms. The lowest BCUT2D eigenvalue weighted by Crippen LogP contribution is -2.25. The third kappa shape index (κ3) is 4.42. The fourth-order valence-corrected chi connectivity index (χ4v) is 2.67. The van der Waals surface area contributed by atoms with E-state index in [1.165, 1.54) is 0 Å². The van der Waals surface area contributed by atoms with Crippen molar-refractivity contribution in [1.29, 1.82) is 0 Å². The number of methoxy groups -OCH3 is 1. The lowest BCUT2D eigenvalue weighted by Gasteiger charge is -2.17. The molecule has 0 aromatic heterocycles. The molecule has 2 rings (SSSR count). The minimum atomic E-state index is 0.178. The predicted molar refractivity (Wildman–Crippen MR) is 95.2 cm³/mol. The molecule has 122 valence electrons. The average Bonchev–Trinajstić information content (AvgIpc) is 2.62. The van der Waals surface area contributed by atoms with Crippen LogP contribution in [0, 0.1) is 0 Å². The molecule has 0 radical (unpaired) electrons. The number of ketones is 1. The standard InChI is InChI=1S/C20H25NO2/c1-4-21(5-2)14-13-19(22)17-11-12-20(23-3)18(15-17)16-9-7-6-8-10-16/h6-12,15H,4-5,13-14H2,1-3H3. The Bertz CT molecular complexity index is 633. The van der Waals surface area contributed by atoms with E-state index in [0.717, 1.165) is 42.1 Å². The van der Waals surface area contributed by atoms with Gasteiger partial charge in [-0.1, -0.05) is 44.2 Å². The molecular weight excluding hydrogens is 286 g/mol. The highest BCUT2D eigenvalue weighted by Crippen LogP contribution is 2.31. The number of hydrogen-bond donors (Lipinski definition) is 0. The highest BCUT2D eigenvalue weighted by Gasteiger charge is 2.12. The first-order valence-corrected chi connectivity index (χ1v) is 8.18. The second-order valence-electron chi connectivity index (χ2n) is 5.48. The van der Waals surface area contributed by atoms with Crippen LogP contribution >= 0.6 is 0 Å². The third-order valence-corrected chi connectivity index (χ3v) is 4.16. The lowest BCUT2D eigenvalue weighted by molar-refractivity contribution is 0.0966. The largest absolute Gasteiger partial charge is 0.496 e. The zero-order chi connectivity index (χ0) is 16.7. The molecule has 0 bridgehead atoms. The van der Waals surface area contributed by atoms with E-state index in [-0.39, 0.29) is 5.78 Å². The maximum atomic E-state index is 12.5. The molecule has 0 saturated heterocycles. The first-order chi connectivity index (χ1) is 11.2. The summed E-state index contributed by atoms with van der Waals surface area (Å²) in [6.45, 7) is 6.99. The topological polar surface area (TPSA) is 29.5 Å². The van der Waals surface area contributed by atoms with Crippen LogP contribution in [0.25, 0.3) is 11.1 Å². The molecule has 0 atom stereocenters. The van der Waals surface area contributed by atoms with Crippen LogP contribution in [0.5, 0.6) is 5.75 Å². The second kappa shape index (κ2) is 8.49. The van der Waals surface area contributed by atoms with Gasteiger partial charge in [-0.05, 0) is 36.9 Å². The third-order valence-electron chi connectivity index (χ3n) is 4.16. The van der Waals surface area contributed by atoms with Crippen LogP contribution in [0.4, 0.5) is 0 Å². The van der Waals surface area contributed by atoms with E-state index >= 15 is 0 Å². The van der Waals surface area contributed by atoms with Gasteiger partial charge in [-0.25, -0.2) is 0 Å². The van der Waals surface area contributed by atoms with Crippen LogP contribution in [0.1, 0.15) is 30.6 Å². The smallest absolute Gasteiger partial charge is 0.164 e. The van der Waals surface area contributed by atoms with Gasteiger partial charge in [-0.3, -0.25) is 4.79 Å². The van der Waals surface area contributed by atoms with Crippen LogP contribution in [0.2, 0.25) is 0 Å². The van der Waals surface area contributed by atoms with E-state index in [9.17, 15) is 4.79 Å². The zero-order valence-electron chi connectivity index (χ0n) is 14.2. The van der Waals surface area contributed by atoms with E-state index in [1.807, 2.05) is 48.5 Å². The van der Waals surface area contributed by atoms with Gasteiger partial charge >= 0.3 is 0 Å². The van der Waals surface area contributed by atoms with Crippen LogP contribution < -0.4 is 4.74 Å². The normalized spacial score (nSPS) is 10.8. The van der Waals surface area contributed by atoms with Gasteiger partial charge < -0.3 is 9.64 Å². The fourth-order valence-electron chi connectivity index (χ4n) is 2.67. The van der Waals surface area contributed by atoms with E-state index in [1.54, 1.807) is 7.11 Å². The monoisotopic (exact) mass is 311 g/mol. The number of nitrogens with zero attached hydrogens (tertiary/aromatic N) is 1. The molecule has 0 heterocycles. The minimum absolute atomic E-state index is 0.178. The molecule has 0 amide bonds. The maximum absolute atomic E-state index is 12.5. The number of Topliss-reactive ketones (excluding diaryl/α,β-unsaturated/α-hetero) is 1. The Labute approximate surface area is 138 Å². The lowest BCUT2D eigenvalue weighted by atomic mass is 9.99. The van der Waals surface area contributed by atoms with Crippen molar-refractivity contribution in [3.05, 3.63) is 54.1 Å². The van der Waals surface area contributed by atoms with Gasteiger partial charge in [0.2, 0.25) is 0 Å². The molecule has 23 heavy (non-hydrogen) atoms. The van der Waals surface area contributed by atoms with Crippen molar-refractivity contribution in [2.75, 3.05) is 26.7 Å². The van der Waals surface area contributed by atoms with E-state index < -0.39 is 0 Å². The highest BCUT2D eigenvalue weighted by atomic mass is 16.5. The summed E-state index contributed by atoms with van der Waals surface area (Å²) in [6, 6.07) is 15.7. The maximum Gasteiger partial charge on any atom is 0.164 e. The summed E-state index contributed by atoms with van der Waals surface area (Å²) < 4.78 is 5.45. The van der Waals surface area contributed by atoms with Crippen LogP contribution in [0.3, 0.4) is 0 Å². The quantitative estimate of drug-likeness (QED) is 0.682. The summed E-state index contributed by atoms with van der Waals surface area (Å²) >= 11 is 0. The number of carbonyl (C=O) groups is 1. The van der Waals surface area contributed by atoms with Gasteiger partial charge in [-0.15, -0.1) is 0 Å². The molecule has 0 aliphatic heterocycles. The van der Waals surface area contributed by atoms with Crippen molar-refractivity contribution in [2.45, 2.75) is 20.3 Å². The Hall–Kier alpha value is -2.13. The van der Waals surface area contributed by atoms with Crippen molar-refractivity contribution in [2.24, 2.45) is 0 Å². The van der Waals surface area contributed by atoms with Crippen molar-refractivity contribution in [3.63, 3.8) is 0 Å². The van der Waals surface area contributed by atoms with E-state index in [0.29, 0.717) is 6.42 Å². The van der Waals surface area contributed by atoms with Crippen molar-refractivity contribution in [1.82, 2.24) is 4.90 Å². The molecule has 3 nitrogen and oxygen atoms in total. The van der Waals surface area contributed by atoms with Crippen molar-refractivity contribution in [3.8, 4) is 16.9 Å². The summed E-state index contributed by atoms with van der Waals surface area (Å²) in [6.07, 6.45) is 0.544. The van der Waals surface area contributed by atoms with Crippen molar-refractivity contribution < 1.29 is 9.53 Å². The fraction of sp³-hybridized carbons (Fsp3) is 0.350. The van der Waals surface area contributed by atoms with Crippen LogP contribution in [0.15, 0.2) is 48.5 Å². The predicted octanol–water partition coefficient (Wildman–Crippen LogP) is 4.28. The molecule has 2 aromatic carbocycles. The minimum Gasteiger partial charge on any atom is -0.496 e. The summed E-state index contributed by atoms with van der Waals surface area (Å²) in [5.74, 6) is 0.966. The highest BCUT2D eigenvalue weighted by molar-refractivity contribution is 5.97. The van der Waals surface area contributed by atoms with Gasteiger partial charge in [-0.2, -0.15) is 0 Å². The van der Waals surface area contributed by atoms with Gasteiger partial charge in [0.05, 0.1) is 7.11 Å². The molecule has 0 saturated carbocycles. The first-order valence-electron chi connectivity index (χ1n) is 8.18. The Morgan fingerprint density at radius 1 is 1.04 bits per heavy atom. The van der Waals surface area contributed by atoms with Crippen LogP contribution in [-0.2, 0) is 0 Å². The van der Waals surface area contributed by atoms with Gasteiger partial charge in [0.1, 0.15) is 5.75 Å². The molecule has 0 N–H and O–H groups in total. The number of rotatable bonds is 8. The molecule has 0 aliphatic carbocycles. The van der Waals surface area contributed by atoms with Gasteiger partial charge in [0.15, 0.2) is 5.78 Å². The molecule has 0 fully saturated rings. The molecule has 0 spiro atoms.